The molecule has 0 spiro atoms. The number of hydrogen-bond acceptors (Lipinski definition) is 3. The number of fused-ring (bicyclic) bond motifs is 1. The van der Waals surface area contributed by atoms with Crippen molar-refractivity contribution in [2.75, 3.05) is 5.73 Å². The maximum atomic E-state index is 5.78. The van der Waals surface area contributed by atoms with Crippen LogP contribution in [0, 0.1) is 0 Å². The molecule has 3 nitrogen and oxygen atoms in total. The number of benzene rings is 2. The van der Waals surface area contributed by atoms with Crippen molar-refractivity contribution >= 4 is 27.2 Å². The smallest absolute Gasteiger partial charge is 0.110 e. The Kier molecular flexibility index (Phi) is 3.16. The molecule has 108 valence electrons. The van der Waals surface area contributed by atoms with E-state index in [1.165, 1.54) is 15.8 Å². The molecular weight excluding hydrogens is 290 g/mol. The van der Waals surface area contributed by atoms with E-state index in [4.69, 9.17) is 10.8 Å². The van der Waals surface area contributed by atoms with E-state index in [0.717, 1.165) is 23.5 Å². The molecule has 0 unspecified atom stereocenters. The van der Waals surface area contributed by atoms with E-state index in [-0.39, 0.29) is 0 Å². The van der Waals surface area contributed by atoms with Gasteiger partial charge >= 0.3 is 0 Å². The minimum absolute atomic E-state index is 0.773. The van der Waals surface area contributed by atoms with Crippen LogP contribution in [-0.2, 0) is 6.54 Å². The third kappa shape index (κ3) is 2.27. The molecule has 0 atom stereocenters. The van der Waals surface area contributed by atoms with Crippen LogP contribution in [0.5, 0.6) is 0 Å². The average molecular weight is 305 g/mol. The van der Waals surface area contributed by atoms with Crippen molar-refractivity contribution in [1.29, 1.82) is 0 Å². The first-order valence-electron chi connectivity index (χ1n) is 7.15. The molecule has 4 heteroatoms. The molecule has 0 bridgehead atoms. The number of thiophene rings is 1. The number of aromatic nitrogens is 2. The first-order chi connectivity index (χ1) is 10.8. The van der Waals surface area contributed by atoms with Crippen LogP contribution in [0.2, 0.25) is 0 Å². The summed E-state index contributed by atoms with van der Waals surface area (Å²) in [7, 11) is 0. The molecule has 0 saturated carbocycles. The summed E-state index contributed by atoms with van der Waals surface area (Å²) < 4.78 is 3.30. The van der Waals surface area contributed by atoms with Gasteiger partial charge in [0.05, 0.1) is 16.8 Å². The zero-order valence-electron chi connectivity index (χ0n) is 11.9. The Labute approximate surface area is 132 Å². The number of anilines is 1. The molecule has 4 aromatic rings. The van der Waals surface area contributed by atoms with Crippen LogP contribution in [0.3, 0.4) is 0 Å². The van der Waals surface area contributed by atoms with Crippen molar-refractivity contribution < 1.29 is 0 Å². The first-order valence-corrected chi connectivity index (χ1v) is 8.03. The van der Waals surface area contributed by atoms with E-state index >= 15 is 0 Å². The lowest BCUT2D eigenvalue weighted by atomic mass is 10.1. The molecule has 4 rings (SSSR count). The van der Waals surface area contributed by atoms with E-state index in [2.05, 4.69) is 40.4 Å². The molecule has 2 heterocycles. The van der Waals surface area contributed by atoms with Gasteiger partial charge in [-0.15, -0.1) is 11.3 Å². The summed E-state index contributed by atoms with van der Waals surface area (Å²) in [6.07, 6.45) is 0. The molecule has 2 aromatic heterocycles. The quantitative estimate of drug-likeness (QED) is 0.570. The lowest BCUT2D eigenvalue weighted by Gasteiger charge is -2.03. The van der Waals surface area contributed by atoms with Crippen molar-refractivity contribution in [1.82, 2.24) is 9.78 Å². The second kappa shape index (κ2) is 5.31. The van der Waals surface area contributed by atoms with Gasteiger partial charge in [-0.1, -0.05) is 42.5 Å². The predicted molar refractivity (Wildman–Crippen MR) is 93.0 cm³/mol. The number of hydrogen-bond donors (Lipinski definition) is 1. The fourth-order valence-corrected chi connectivity index (χ4v) is 3.51. The Bertz CT molecular complexity index is 905. The molecule has 22 heavy (non-hydrogen) atoms. The molecule has 0 amide bonds. The van der Waals surface area contributed by atoms with Gasteiger partial charge in [0.25, 0.3) is 0 Å². The second-order valence-electron chi connectivity index (χ2n) is 5.25. The number of nitrogens with zero attached hydrogens (tertiary/aromatic N) is 2. The van der Waals surface area contributed by atoms with Crippen LogP contribution in [0.1, 0.15) is 5.56 Å². The third-order valence-electron chi connectivity index (χ3n) is 3.72. The summed E-state index contributed by atoms with van der Waals surface area (Å²) in [6.45, 7) is 0.781. The van der Waals surface area contributed by atoms with E-state index in [9.17, 15) is 0 Å². The van der Waals surface area contributed by atoms with Crippen LogP contribution in [0.15, 0.2) is 66.0 Å². The van der Waals surface area contributed by atoms with Crippen LogP contribution < -0.4 is 5.73 Å². The summed E-state index contributed by atoms with van der Waals surface area (Å²) >= 11 is 1.73. The Balaban J connectivity index is 1.81. The molecule has 0 fully saturated rings. The van der Waals surface area contributed by atoms with Crippen LogP contribution in [-0.4, -0.2) is 9.78 Å². The molecule has 0 radical (unpaired) electrons. The zero-order chi connectivity index (χ0) is 14.9. The van der Waals surface area contributed by atoms with Crippen molar-refractivity contribution in [2.24, 2.45) is 0 Å². The summed E-state index contributed by atoms with van der Waals surface area (Å²) in [4.78, 5) is 0. The van der Waals surface area contributed by atoms with Crippen LogP contribution >= 0.6 is 11.3 Å². The van der Waals surface area contributed by atoms with Gasteiger partial charge in [-0.3, -0.25) is 4.68 Å². The Hall–Kier alpha value is -2.59. The highest BCUT2D eigenvalue weighted by Crippen LogP contribution is 2.32. The first kappa shape index (κ1) is 13.1. The van der Waals surface area contributed by atoms with Gasteiger partial charge in [-0.25, -0.2) is 0 Å². The van der Waals surface area contributed by atoms with Gasteiger partial charge < -0.3 is 5.73 Å². The van der Waals surface area contributed by atoms with E-state index in [1.54, 1.807) is 11.3 Å². The average Bonchev–Trinajstić information content (AvgIpc) is 3.13. The fraction of sp³-hybridized carbons (Fsp3) is 0.0556. The molecule has 2 N–H and O–H groups in total. The number of nitrogens with two attached hydrogens (primary N) is 1. The minimum atomic E-state index is 0.773. The van der Waals surface area contributed by atoms with Crippen molar-refractivity contribution in [3.63, 3.8) is 0 Å². The molecular formula is C18H15N3S. The third-order valence-corrected chi connectivity index (χ3v) is 4.63. The predicted octanol–water partition coefficient (Wildman–Crippen LogP) is 4.40. The topological polar surface area (TPSA) is 43.8 Å². The lowest BCUT2D eigenvalue weighted by molar-refractivity contribution is 0.715. The largest absolute Gasteiger partial charge is 0.399 e. The highest BCUT2D eigenvalue weighted by Gasteiger charge is 2.13. The normalized spacial score (nSPS) is 11.1. The van der Waals surface area contributed by atoms with E-state index < -0.39 is 0 Å². The van der Waals surface area contributed by atoms with Crippen molar-refractivity contribution in [3.8, 4) is 11.3 Å². The molecule has 0 saturated heterocycles. The van der Waals surface area contributed by atoms with Crippen molar-refractivity contribution in [2.45, 2.75) is 6.54 Å². The Morgan fingerprint density at radius 1 is 0.955 bits per heavy atom. The molecule has 0 aliphatic heterocycles. The summed E-state index contributed by atoms with van der Waals surface area (Å²) in [5, 5.41) is 6.95. The van der Waals surface area contributed by atoms with Gasteiger partial charge in [0.15, 0.2) is 0 Å². The maximum absolute atomic E-state index is 5.78. The standard InChI is InChI=1S/C18H15N3S/c19-15-8-6-14(7-9-15)17-18-16(10-11-22-18)21(20-17)12-13-4-2-1-3-5-13/h1-11H,12,19H2. The summed E-state index contributed by atoms with van der Waals surface area (Å²) in [5.74, 6) is 0. The number of rotatable bonds is 3. The van der Waals surface area contributed by atoms with Crippen molar-refractivity contribution in [3.05, 3.63) is 71.6 Å². The maximum Gasteiger partial charge on any atom is 0.110 e. The molecule has 0 aliphatic rings. The monoisotopic (exact) mass is 305 g/mol. The highest BCUT2D eigenvalue weighted by atomic mass is 32.1. The van der Waals surface area contributed by atoms with E-state index in [1.807, 2.05) is 30.3 Å². The minimum Gasteiger partial charge on any atom is -0.399 e. The zero-order valence-corrected chi connectivity index (χ0v) is 12.8. The van der Waals surface area contributed by atoms with Gasteiger partial charge in [0, 0.05) is 11.3 Å². The Morgan fingerprint density at radius 3 is 2.50 bits per heavy atom. The SMILES string of the molecule is Nc1ccc(-c2nn(Cc3ccccc3)c3ccsc23)cc1. The summed E-state index contributed by atoms with van der Waals surface area (Å²) in [5.41, 5.74) is 11.1. The highest BCUT2D eigenvalue weighted by molar-refractivity contribution is 7.17. The fourth-order valence-electron chi connectivity index (χ4n) is 2.61. The second-order valence-corrected chi connectivity index (χ2v) is 6.16. The van der Waals surface area contributed by atoms with Gasteiger partial charge in [-0.2, -0.15) is 5.10 Å². The lowest BCUT2D eigenvalue weighted by Crippen LogP contribution is -2.01. The number of nitrogen functional groups attached to an aromatic ring is 1. The van der Waals surface area contributed by atoms with Gasteiger partial charge in [-0.05, 0) is 29.1 Å². The van der Waals surface area contributed by atoms with Gasteiger partial charge in [0.1, 0.15) is 5.69 Å². The molecule has 2 aromatic carbocycles. The van der Waals surface area contributed by atoms with E-state index in [0.29, 0.717) is 0 Å². The molecule has 0 aliphatic carbocycles. The van der Waals surface area contributed by atoms with Crippen LogP contribution in [0.25, 0.3) is 21.5 Å². The Morgan fingerprint density at radius 2 is 1.73 bits per heavy atom. The van der Waals surface area contributed by atoms with Gasteiger partial charge in [0.2, 0.25) is 0 Å². The summed E-state index contributed by atoms with van der Waals surface area (Å²) in [6, 6.07) is 20.5. The van der Waals surface area contributed by atoms with Crippen LogP contribution in [0.4, 0.5) is 5.69 Å².